The summed E-state index contributed by atoms with van der Waals surface area (Å²) in [6.07, 6.45) is 2.03. The van der Waals surface area contributed by atoms with Gasteiger partial charge in [0.25, 0.3) is 0 Å². The molecule has 2 aromatic carbocycles. The molecule has 1 aliphatic heterocycles. The summed E-state index contributed by atoms with van der Waals surface area (Å²) in [6, 6.07) is 12.7. The Bertz CT molecular complexity index is 901. The minimum absolute atomic E-state index is 0.107. The molecule has 0 radical (unpaired) electrons. The Kier molecular flexibility index (Phi) is 3.30. The Morgan fingerprint density at radius 1 is 1.12 bits per heavy atom. The van der Waals surface area contributed by atoms with Gasteiger partial charge in [-0.05, 0) is 42.0 Å². The highest BCUT2D eigenvalue weighted by Gasteiger charge is 2.30. The van der Waals surface area contributed by atoms with E-state index >= 15 is 0 Å². The molecule has 1 atom stereocenters. The van der Waals surface area contributed by atoms with Crippen molar-refractivity contribution in [1.29, 1.82) is 0 Å². The second-order valence-electron chi connectivity index (χ2n) is 5.73. The van der Waals surface area contributed by atoms with Crippen LogP contribution in [0.1, 0.15) is 23.5 Å². The molecule has 120 valence electrons. The Morgan fingerprint density at radius 3 is 2.54 bits per heavy atom. The smallest absolute Gasteiger partial charge is 0.226 e. The Morgan fingerprint density at radius 2 is 1.83 bits per heavy atom. The lowest BCUT2D eigenvalue weighted by molar-refractivity contribution is -0.116. The van der Waals surface area contributed by atoms with Crippen molar-refractivity contribution in [2.75, 3.05) is 5.32 Å². The second-order valence-corrected chi connectivity index (χ2v) is 5.73. The molecular weight excluding hydrogens is 309 g/mol. The quantitative estimate of drug-likeness (QED) is 0.761. The van der Waals surface area contributed by atoms with Crippen LogP contribution in [0.15, 0.2) is 54.7 Å². The number of aromatic nitrogens is 2. The van der Waals surface area contributed by atoms with E-state index in [9.17, 15) is 14.3 Å². The lowest BCUT2D eigenvalue weighted by atomic mass is 9.87. The van der Waals surface area contributed by atoms with Gasteiger partial charge in [-0.15, -0.1) is 0 Å². The van der Waals surface area contributed by atoms with Crippen LogP contribution in [0, 0.1) is 5.82 Å². The fourth-order valence-corrected chi connectivity index (χ4v) is 3.00. The SMILES string of the molecule is O=C1C[C@@H](c2ccc(O)cc2)c2cnn(-c3ccc(F)cc3)c2N1. The molecule has 0 unspecified atom stereocenters. The highest BCUT2D eigenvalue weighted by Crippen LogP contribution is 2.38. The van der Waals surface area contributed by atoms with E-state index in [4.69, 9.17) is 0 Å². The van der Waals surface area contributed by atoms with Crippen molar-refractivity contribution >= 4 is 11.7 Å². The first-order chi connectivity index (χ1) is 11.6. The number of aromatic hydroxyl groups is 1. The summed E-state index contributed by atoms with van der Waals surface area (Å²) in [6.45, 7) is 0. The van der Waals surface area contributed by atoms with Crippen LogP contribution in [-0.2, 0) is 4.79 Å². The number of hydrogen-bond acceptors (Lipinski definition) is 3. The molecule has 0 saturated carbocycles. The number of phenols is 1. The van der Waals surface area contributed by atoms with Crippen molar-refractivity contribution in [3.8, 4) is 11.4 Å². The number of nitrogens with one attached hydrogen (secondary N) is 1. The van der Waals surface area contributed by atoms with Crippen LogP contribution in [0.5, 0.6) is 5.75 Å². The van der Waals surface area contributed by atoms with Crippen LogP contribution >= 0.6 is 0 Å². The molecule has 0 aliphatic carbocycles. The van der Waals surface area contributed by atoms with Crippen LogP contribution in [-0.4, -0.2) is 20.8 Å². The number of fused-ring (bicyclic) bond motifs is 1. The third-order valence-electron chi connectivity index (χ3n) is 4.19. The zero-order valence-electron chi connectivity index (χ0n) is 12.6. The number of carbonyl (C=O) groups is 1. The number of halogens is 1. The molecule has 0 saturated heterocycles. The van der Waals surface area contributed by atoms with E-state index in [0.29, 0.717) is 17.9 Å². The first-order valence-electron chi connectivity index (χ1n) is 7.54. The van der Waals surface area contributed by atoms with Gasteiger partial charge in [-0.3, -0.25) is 4.79 Å². The van der Waals surface area contributed by atoms with E-state index in [2.05, 4.69) is 10.4 Å². The Balaban J connectivity index is 1.80. The number of rotatable bonds is 2. The lowest BCUT2D eigenvalue weighted by Gasteiger charge is -2.23. The number of carbonyl (C=O) groups excluding carboxylic acids is 1. The molecule has 1 amide bonds. The molecule has 0 spiro atoms. The van der Waals surface area contributed by atoms with Gasteiger partial charge in [0.2, 0.25) is 5.91 Å². The fourth-order valence-electron chi connectivity index (χ4n) is 3.00. The van der Waals surface area contributed by atoms with Crippen LogP contribution in [0.3, 0.4) is 0 Å². The highest BCUT2D eigenvalue weighted by atomic mass is 19.1. The largest absolute Gasteiger partial charge is 0.508 e. The predicted molar refractivity (Wildman–Crippen MR) is 86.7 cm³/mol. The van der Waals surface area contributed by atoms with Crippen LogP contribution < -0.4 is 5.32 Å². The average molecular weight is 323 g/mol. The minimum atomic E-state index is -0.328. The van der Waals surface area contributed by atoms with Gasteiger partial charge in [0.15, 0.2) is 0 Å². The standard InChI is InChI=1S/C18H14FN3O2/c19-12-3-5-13(6-4-12)22-18-16(10-20-22)15(9-17(24)21-18)11-1-7-14(23)8-2-11/h1-8,10,15,23H,9H2,(H,21,24)/t15-/m0/s1. The topological polar surface area (TPSA) is 67.1 Å². The van der Waals surface area contributed by atoms with Crippen molar-refractivity contribution in [3.63, 3.8) is 0 Å². The predicted octanol–water partition coefficient (Wildman–Crippen LogP) is 3.19. The molecule has 6 heteroatoms. The van der Waals surface area contributed by atoms with Gasteiger partial charge in [0.05, 0.1) is 11.9 Å². The summed E-state index contributed by atoms with van der Waals surface area (Å²) in [4.78, 5) is 12.2. The number of benzene rings is 2. The maximum Gasteiger partial charge on any atom is 0.226 e. The van der Waals surface area contributed by atoms with Gasteiger partial charge in [0.1, 0.15) is 17.4 Å². The van der Waals surface area contributed by atoms with Gasteiger partial charge in [0, 0.05) is 17.9 Å². The van der Waals surface area contributed by atoms with E-state index in [1.165, 1.54) is 12.1 Å². The van der Waals surface area contributed by atoms with E-state index < -0.39 is 0 Å². The molecule has 4 rings (SSSR count). The molecule has 5 nitrogen and oxygen atoms in total. The molecule has 24 heavy (non-hydrogen) atoms. The van der Waals surface area contributed by atoms with Crippen LogP contribution in [0.25, 0.3) is 5.69 Å². The Labute approximate surface area is 137 Å². The molecule has 1 aromatic heterocycles. The summed E-state index contributed by atoms with van der Waals surface area (Å²) in [5, 5.41) is 16.7. The highest BCUT2D eigenvalue weighted by molar-refractivity contribution is 5.94. The molecule has 0 fully saturated rings. The molecule has 2 heterocycles. The lowest BCUT2D eigenvalue weighted by Crippen LogP contribution is -2.24. The van der Waals surface area contributed by atoms with E-state index in [-0.39, 0.29) is 23.4 Å². The van der Waals surface area contributed by atoms with E-state index in [1.807, 2.05) is 0 Å². The maximum atomic E-state index is 13.1. The van der Waals surface area contributed by atoms with Gasteiger partial charge >= 0.3 is 0 Å². The van der Waals surface area contributed by atoms with Gasteiger partial charge in [-0.25, -0.2) is 9.07 Å². The number of nitrogens with zero attached hydrogens (tertiary/aromatic N) is 2. The zero-order chi connectivity index (χ0) is 16.7. The first-order valence-corrected chi connectivity index (χ1v) is 7.54. The van der Waals surface area contributed by atoms with Crippen LogP contribution in [0.2, 0.25) is 0 Å². The van der Waals surface area contributed by atoms with Crippen molar-refractivity contribution in [2.24, 2.45) is 0 Å². The van der Waals surface area contributed by atoms with E-state index in [1.54, 1.807) is 47.3 Å². The normalized spacial score (nSPS) is 16.5. The summed E-state index contributed by atoms with van der Waals surface area (Å²) >= 11 is 0. The monoisotopic (exact) mass is 323 g/mol. The third-order valence-corrected chi connectivity index (χ3v) is 4.19. The Hall–Kier alpha value is -3.15. The minimum Gasteiger partial charge on any atom is -0.508 e. The first kappa shape index (κ1) is 14.4. The number of phenolic OH excluding ortho intramolecular Hbond substituents is 1. The molecule has 2 N–H and O–H groups in total. The van der Waals surface area contributed by atoms with Crippen molar-refractivity contribution < 1.29 is 14.3 Å². The van der Waals surface area contributed by atoms with Gasteiger partial charge in [-0.2, -0.15) is 5.10 Å². The van der Waals surface area contributed by atoms with Crippen molar-refractivity contribution in [3.05, 3.63) is 71.7 Å². The molecule has 3 aromatic rings. The summed E-state index contributed by atoms with van der Waals surface area (Å²) < 4.78 is 14.7. The van der Waals surface area contributed by atoms with Crippen molar-refractivity contribution in [1.82, 2.24) is 9.78 Å². The second kappa shape index (κ2) is 5.49. The summed E-state index contributed by atoms with van der Waals surface area (Å²) in [7, 11) is 0. The molecular formula is C18H14FN3O2. The number of hydrogen-bond donors (Lipinski definition) is 2. The molecule has 1 aliphatic rings. The van der Waals surface area contributed by atoms with E-state index in [0.717, 1.165) is 11.1 Å². The average Bonchev–Trinajstić information content (AvgIpc) is 2.99. The van der Waals surface area contributed by atoms with Gasteiger partial charge < -0.3 is 10.4 Å². The summed E-state index contributed by atoms with van der Waals surface area (Å²) in [5.74, 6) is 0.205. The van der Waals surface area contributed by atoms with Gasteiger partial charge in [-0.1, -0.05) is 12.1 Å². The fraction of sp³-hybridized carbons (Fsp3) is 0.111. The third kappa shape index (κ3) is 2.42. The number of amides is 1. The summed E-state index contributed by atoms with van der Waals surface area (Å²) in [5.41, 5.74) is 2.50. The molecule has 0 bridgehead atoms. The number of anilines is 1. The maximum absolute atomic E-state index is 13.1. The van der Waals surface area contributed by atoms with Crippen molar-refractivity contribution in [2.45, 2.75) is 12.3 Å². The zero-order valence-corrected chi connectivity index (χ0v) is 12.6. The van der Waals surface area contributed by atoms with Crippen LogP contribution in [0.4, 0.5) is 10.2 Å².